The molecule has 0 aromatic heterocycles. The summed E-state index contributed by atoms with van der Waals surface area (Å²) in [6.45, 7) is 2.15. The van der Waals surface area contributed by atoms with Gasteiger partial charge in [0.1, 0.15) is 0 Å². The SMILES string of the molecule is CC(=O)NC(N)(OC(C)=O)N(C)C(=O)O. The Morgan fingerprint density at radius 2 is 1.87 bits per heavy atom. The van der Waals surface area contributed by atoms with Crippen LogP contribution in [0, 0.1) is 0 Å². The molecule has 8 heteroatoms. The minimum atomic E-state index is -2.19. The summed E-state index contributed by atoms with van der Waals surface area (Å²) in [6, 6.07) is 0. The Hall–Kier alpha value is -1.83. The number of carbonyl (C=O) groups excluding carboxylic acids is 2. The number of rotatable bonds is 3. The Balaban J connectivity index is 4.91. The van der Waals surface area contributed by atoms with Crippen LogP contribution < -0.4 is 11.1 Å². The van der Waals surface area contributed by atoms with E-state index in [2.05, 4.69) is 4.74 Å². The lowest BCUT2D eigenvalue weighted by atomic mass is 10.5. The maximum Gasteiger partial charge on any atom is 0.412 e. The first kappa shape index (κ1) is 13.2. The van der Waals surface area contributed by atoms with Crippen molar-refractivity contribution in [2.24, 2.45) is 5.73 Å². The van der Waals surface area contributed by atoms with Gasteiger partial charge in [0.25, 0.3) is 0 Å². The average molecular weight is 219 g/mol. The van der Waals surface area contributed by atoms with Gasteiger partial charge in [0.15, 0.2) is 0 Å². The number of ether oxygens (including phenoxy) is 1. The van der Waals surface area contributed by atoms with Crippen LogP contribution in [0.4, 0.5) is 4.79 Å². The second-order valence-electron chi connectivity index (χ2n) is 2.81. The first-order valence-corrected chi connectivity index (χ1v) is 3.93. The largest absolute Gasteiger partial charge is 0.465 e. The van der Waals surface area contributed by atoms with Gasteiger partial charge in [-0.2, -0.15) is 0 Å². The summed E-state index contributed by atoms with van der Waals surface area (Å²) >= 11 is 0. The molecule has 2 amide bonds. The van der Waals surface area contributed by atoms with E-state index in [1.165, 1.54) is 0 Å². The topological polar surface area (TPSA) is 122 Å². The summed E-state index contributed by atoms with van der Waals surface area (Å²) in [7, 11) is 1.06. The second kappa shape index (κ2) is 4.60. The average Bonchev–Trinajstić information content (AvgIpc) is 1.99. The minimum Gasteiger partial charge on any atom is -0.465 e. The monoisotopic (exact) mass is 219 g/mol. The van der Waals surface area contributed by atoms with Crippen molar-refractivity contribution in [2.45, 2.75) is 19.8 Å². The van der Waals surface area contributed by atoms with Crippen LogP contribution in [-0.4, -0.2) is 41.0 Å². The number of nitrogens with one attached hydrogen (secondary N) is 1. The fraction of sp³-hybridized carbons (Fsp3) is 0.571. The molecular formula is C7H13N3O5. The number of hydrogen-bond donors (Lipinski definition) is 3. The number of amides is 2. The lowest BCUT2D eigenvalue weighted by molar-refractivity contribution is -0.183. The molecule has 0 saturated heterocycles. The normalized spacial score (nSPS) is 13.6. The number of hydrogen-bond acceptors (Lipinski definition) is 5. The van der Waals surface area contributed by atoms with Gasteiger partial charge in [-0.25, -0.2) is 9.69 Å². The van der Waals surface area contributed by atoms with Gasteiger partial charge in [0.2, 0.25) is 5.91 Å². The predicted octanol–water partition coefficient (Wildman–Crippen LogP) is -1.13. The van der Waals surface area contributed by atoms with Crippen LogP contribution in [0.25, 0.3) is 0 Å². The number of nitrogens with two attached hydrogens (primary N) is 1. The highest BCUT2D eigenvalue weighted by Crippen LogP contribution is 2.05. The van der Waals surface area contributed by atoms with E-state index in [9.17, 15) is 14.4 Å². The number of carboxylic acid groups (broad SMARTS) is 1. The fourth-order valence-electron chi connectivity index (χ4n) is 0.791. The van der Waals surface area contributed by atoms with Crippen LogP contribution >= 0.6 is 0 Å². The van der Waals surface area contributed by atoms with Crippen LogP contribution in [0.2, 0.25) is 0 Å². The summed E-state index contributed by atoms with van der Waals surface area (Å²) in [5.74, 6) is -3.64. The maximum atomic E-state index is 10.8. The summed E-state index contributed by atoms with van der Waals surface area (Å²) in [6.07, 6.45) is -1.45. The maximum absolute atomic E-state index is 10.8. The fourth-order valence-corrected chi connectivity index (χ4v) is 0.791. The van der Waals surface area contributed by atoms with Crippen molar-refractivity contribution < 1.29 is 24.2 Å². The van der Waals surface area contributed by atoms with Gasteiger partial charge in [0, 0.05) is 20.9 Å². The summed E-state index contributed by atoms with van der Waals surface area (Å²) in [4.78, 5) is 32.5. The molecule has 0 saturated carbocycles. The Kier molecular flexibility index (Phi) is 4.04. The second-order valence-corrected chi connectivity index (χ2v) is 2.81. The van der Waals surface area contributed by atoms with Crippen molar-refractivity contribution in [1.29, 1.82) is 0 Å². The first-order chi connectivity index (χ1) is 6.69. The molecule has 0 fully saturated rings. The zero-order valence-electron chi connectivity index (χ0n) is 8.60. The third-order valence-corrected chi connectivity index (χ3v) is 1.44. The molecule has 8 nitrogen and oxygen atoms in total. The van der Waals surface area contributed by atoms with Crippen molar-refractivity contribution in [3.63, 3.8) is 0 Å². The van der Waals surface area contributed by atoms with Crippen molar-refractivity contribution >= 4 is 18.0 Å². The molecule has 0 aromatic rings. The molecule has 0 aromatic carbocycles. The van der Waals surface area contributed by atoms with E-state index in [1.807, 2.05) is 5.32 Å². The van der Waals surface area contributed by atoms with Gasteiger partial charge in [-0.05, 0) is 0 Å². The molecule has 0 rings (SSSR count). The van der Waals surface area contributed by atoms with Crippen LogP contribution in [0.3, 0.4) is 0 Å². The van der Waals surface area contributed by atoms with Gasteiger partial charge in [-0.3, -0.25) is 20.6 Å². The Bertz CT molecular complexity index is 274. The lowest BCUT2D eigenvalue weighted by Crippen LogP contribution is -2.68. The smallest absolute Gasteiger partial charge is 0.412 e. The Morgan fingerprint density at radius 1 is 1.40 bits per heavy atom. The zero-order chi connectivity index (χ0) is 12.2. The quantitative estimate of drug-likeness (QED) is 0.407. The number of esters is 1. The van der Waals surface area contributed by atoms with Gasteiger partial charge in [-0.15, -0.1) is 0 Å². The van der Waals surface area contributed by atoms with E-state index in [-0.39, 0.29) is 0 Å². The van der Waals surface area contributed by atoms with Gasteiger partial charge in [-0.1, -0.05) is 0 Å². The Morgan fingerprint density at radius 3 is 2.13 bits per heavy atom. The molecule has 0 aliphatic rings. The van der Waals surface area contributed by atoms with Crippen LogP contribution in [0.5, 0.6) is 0 Å². The van der Waals surface area contributed by atoms with Crippen LogP contribution in [0.1, 0.15) is 13.8 Å². The van der Waals surface area contributed by atoms with E-state index in [1.54, 1.807) is 0 Å². The van der Waals surface area contributed by atoms with Crippen LogP contribution in [0.15, 0.2) is 0 Å². The van der Waals surface area contributed by atoms with Crippen molar-refractivity contribution in [3.8, 4) is 0 Å². The molecule has 0 aliphatic carbocycles. The van der Waals surface area contributed by atoms with E-state index in [0.29, 0.717) is 4.90 Å². The molecule has 15 heavy (non-hydrogen) atoms. The predicted molar refractivity (Wildman–Crippen MR) is 48.3 cm³/mol. The highest BCUT2D eigenvalue weighted by atomic mass is 16.6. The van der Waals surface area contributed by atoms with Crippen molar-refractivity contribution in [3.05, 3.63) is 0 Å². The summed E-state index contributed by atoms with van der Waals surface area (Å²) in [5.41, 5.74) is 5.41. The molecule has 0 aliphatic heterocycles. The minimum absolute atomic E-state index is 0.468. The van der Waals surface area contributed by atoms with Gasteiger partial charge >= 0.3 is 18.0 Å². The molecule has 0 heterocycles. The van der Waals surface area contributed by atoms with Gasteiger partial charge < -0.3 is 9.84 Å². The van der Waals surface area contributed by atoms with Gasteiger partial charge in [0.05, 0.1) is 0 Å². The molecular weight excluding hydrogens is 206 g/mol. The first-order valence-electron chi connectivity index (χ1n) is 3.93. The molecule has 0 bridgehead atoms. The summed E-state index contributed by atoms with van der Waals surface area (Å²) < 4.78 is 4.52. The number of nitrogens with zero attached hydrogens (tertiary/aromatic N) is 1. The molecule has 1 atom stereocenters. The zero-order valence-corrected chi connectivity index (χ0v) is 8.60. The Labute approximate surface area is 86.0 Å². The number of carbonyl (C=O) groups is 3. The molecule has 1 unspecified atom stereocenters. The molecule has 0 radical (unpaired) electrons. The van der Waals surface area contributed by atoms with Crippen molar-refractivity contribution in [2.75, 3.05) is 7.05 Å². The highest BCUT2D eigenvalue weighted by Gasteiger charge is 2.38. The summed E-state index contributed by atoms with van der Waals surface area (Å²) in [5, 5.41) is 10.7. The molecule has 86 valence electrons. The third kappa shape index (κ3) is 3.81. The van der Waals surface area contributed by atoms with E-state index in [0.717, 1.165) is 20.9 Å². The molecule has 4 N–H and O–H groups in total. The van der Waals surface area contributed by atoms with E-state index in [4.69, 9.17) is 10.8 Å². The third-order valence-electron chi connectivity index (χ3n) is 1.44. The standard InChI is InChI=1S/C7H13N3O5/c1-4(11)9-7(8,15-5(2)12)10(3)6(13)14/h8H2,1-3H3,(H,9,11)(H,13,14). The van der Waals surface area contributed by atoms with E-state index >= 15 is 0 Å². The van der Waals surface area contributed by atoms with E-state index < -0.39 is 23.9 Å². The molecule has 0 spiro atoms. The van der Waals surface area contributed by atoms with Crippen LogP contribution in [-0.2, 0) is 14.3 Å². The van der Waals surface area contributed by atoms with Crippen molar-refractivity contribution in [1.82, 2.24) is 10.2 Å². The highest BCUT2D eigenvalue weighted by molar-refractivity contribution is 5.75. The lowest BCUT2D eigenvalue weighted by Gasteiger charge is -2.34.